The molecule has 8 heteroatoms. The lowest BCUT2D eigenvalue weighted by atomic mass is 9.43. The van der Waals surface area contributed by atoms with Crippen LogP contribution in [0.3, 0.4) is 0 Å². The van der Waals surface area contributed by atoms with Crippen LogP contribution in [0.4, 0.5) is 0 Å². The summed E-state index contributed by atoms with van der Waals surface area (Å²) in [7, 11) is 1.49. The van der Waals surface area contributed by atoms with E-state index in [2.05, 4.69) is 13.8 Å². The maximum absolute atomic E-state index is 12.4. The number of aliphatic hydroxyl groups is 3. The molecule has 13 atom stereocenters. The van der Waals surface area contributed by atoms with Gasteiger partial charge in [-0.2, -0.15) is 0 Å². The maximum atomic E-state index is 12.4. The molecule has 0 bridgehead atoms. The molecule has 0 spiro atoms. The van der Waals surface area contributed by atoms with Crippen molar-refractivity contribution in [3.05, 3.63) is 11.6 Å². The summed E-state index contributed by atoms with van der Waals surface area (Å²) in [5.74, 6) is 1.22. The van der Waals surface area contributed by atoms with E-state index in [1.165, 1.54) is 7.11 Å². The van der Waals surface area contributed by atoms with Crippen LogP contribution in [0, 0.1) is 34.5 Å². The van der Waals surface area contributed by atoms with Gasteiger partial charge in [0.2, 0.25) is 0 Å². The molecule has 0 aromatic carbocycles. The Hall–Kier alpha value is -1.03. The van der Waals surface area contributed by atoms with Crippen molar-refractivity contribution < 1.29 is 39.1 Å². The molecule has 4 aliphatic carbocycles. The number of esters is 1. The van der Waals surface area contributed by atoms with Gasteiger partial charge in [-0.3, -0.25) is 0 Å². The highest BCUT2D eigenvalue weighted by molar-refractivity contribution is 5.85. The highest BCUT2D eigenvalue weighted by Gasteiger charge is 2.67. The van der Waals surface area contributed by atoms with Crippen LogP contribution < -0.4 is 0 Å². The van der Waals surface area contributed by atoms with Crippen LogP contribution in [-0.2, 0) is 23.7 Å². The van der Waals surface area contributed by atoms with Crippen molar-refractivity contribution in [2.75, 3.05) is 13.7 Å². The highest BCUT2D eigenvalue weighted by atomic mass is 16.7. The minimum Gasteiger partial charge on any atom is -0.458 e. The van der Waals surface area contributed by atoms with Crippen molar-refractivity contribution in [1.82, 2.24) is 0 Å². The zero-order valence-electron chi connectivity index (χ0n) is 23.3. The first-order valence-corrected chi connectivity index (χ1v) is 14.8. The normalized spacial score (nSPS) is 54.5. The quantitative estimate of drug-likeness (QED) is 0.372. The highest BCUT2D eigenvalue weighted by Crippen LogP contribution is 2.70. The van der Waals surface area contributed by atoms with E-state index in [0.717, 1.165) is 63.4 Å². The van der Waals surface area contributed by atoms with E-state index >= 15 is 0 Å². The summed E-state index contributed by atoms with van der Waals surface area (Å²) in [5, 5.41) is 33.5. The SMILES string of the molecule is CO[C@H]1[C@@H](O)[C@H](C)O[C@H](O[C@H]2CC[C@@]3(C)[C@H](CC[C@@H]4[C@@H]3CC[C@]3(C)[C@H](C5=CC(=O)OC5)CC[C@]43O)C2)[C@@H]1O. The van der Waals surface area contributed by atoms with Crippen LogP contribution in [0.2, 0.25) is 0 Å². The molecule has 6 aliphatic rings. The summed E-state index contributed by atoms with van der Waals surface area (Å²) >= 11 is 0. The third kappa shape index (κ3) is 3.88. The fraction of sp³-hybridized carbons (Fsp3) is 0.900. The van der Waals surface area contributed by atoms with Crippen molar-refractivity contribution in [3.63, 3.8) is 0 Å². The lowest BCUT2D eigenvalue weighted by Gasteiger charge is -2.64. The number of rotatable bonds is 4. The van der Waals surface area contributed by atoms with E-state index < -0.39 is 36.3 Å². The summed E-state index contributed by atoms with van der Waals surface area (Å²) in [6.07, 6.45) is 6.45. The van der Waals surface area contributed by atoms with Gasteiger partial charge in [0.25, 0.3) is 0 Å². The van der Waals surface area contributed by atoms with Gasteiger partial charge in [-0.1, -0.05) is 13.8 Å². The van der Waals surface area contributed by atoms with Gasteiger partial charge in [0.15, 0.2) is 6.29 Å². The molecule has 3 N–H and O–H groups in total. The summed E-state index contributed by atoms with van der Waals surface area (Å²) < 4.78 is 22.8. The average Bonchev–Trinajstić information content (AvgIpc) is 3.43. The molecular weight excluding hydrogens is 488 g/mol. The van der Waals surface area contributed by atoms with Crippen LogP contribution >= 0.6 is 0 Å². The molecular formula is C30H46O8. The Morgan fingerprint density at radius 3 is 2.50 bits per heavy atom. The molecule has 2 heterocycles. The van der Waals surface area contributed by atoms with Crippen molar-refractivity contribution in [3.8, 4) is 0 Å². The second-order valence-corrected chi connectivity index (χ2v) is 13.7. The number of aliphatic hydroxyl groups excluding tert-OH is 2. The van der Waals surface area contributed by atoms with Crippen molar-refractivity contribution in [2.45, 2.75) is 121 Å². The van der Waals surface area contributed by atoms with Crippen molar-refractivity contribution in [2.24, 2.45) is 34.5 Å². The summed E-state index contributed by atoms with van der Waals surface area (Å²) in [4.78, 5) is 11.8. The summed E-state index contributed by atoms with van der Waals surface area (Å²) in [5.41, 5.74) is 0.300. The third-order valence-corrected chi connectivity index (χ3v) is 12.3. The van der Waals surface area contributed by atoms with E-state index in [1.54, 1.807) is 13.0 Å². The Balaban J connectivity index is 1.16. The predicted octanol–water partition coefficient (Wildman–Crippen LogP) is 3.11. The van der Waals surface area contributed by atoms with Crippen LogP contribution in [-0.4, -0.2) is 77.4 Å². The van der Waals surface area contributed by atoms with Gasteiger partial charge in [-0.05, 0) is 99.4 Å². The van der Waals surface area contributed by atoms with Gasteiger partial charge in [-0.15, -0.1) is 0 Å². The van der Waals surface area contributed by atoms with E-state index in [0.29, 0.717) is 18.4 Å². The molecule has 0 aromatic rings. The second-order valence-electron chi connectivity index (χ2n) is 13.7. The Kier molecular flexibility index (Phi) is 6.80. The fourth-order valence-corrected chi connectivity index (χ4v) is 10.1. The van der Waals surface area contributed by atoms with E-state index in [4.69, 9.17) is 18.9 Å². The monoisotopic (exact) mass is 534 g/mol. The van der Waals surface area contributed by atoms with Crippen LogP contribution in [0.1, 0.15) is 78.6 Å². The number of methoxy groups -OCH3 is 1. The summed E-state index contributed by atoms with van der Waals surface area (Å²) in [6, 6.07) is 0. The molecule has 0 amide bonds. The topological polar surface area (TPSA) is 115 Å². The predicted molar refractivity (Wildman–Crippen MR) is 138 cm³/mol. The molecule has 2 aliphatic heterocycles. The number of ether oxygens (including phenoxy) is 4. The first-order chi connectivity index (χ1) is 18.0. The minimum atomic E-state index is -1.04. The van der Waals surface area contributed by atoms with Crippen molar-refractivity contribution in [1.29, 1.82) is 0 Å². The van der Waals surface area contributed by atoms with E-state index in [1.807, 2.05) is 0 Å². The van der Waals surface area contributed by atoms with Gasteiger partial charge in [-0.25, -0.2) is 4.79 Å². The fourth-order valence-electron chi connectivity index (χ4n) is 10.1. The van der Waals surface area contributed by atoms with Gasteiger partial charge in [0, 0.05) is 18.6 Å². The Bertz CT molecular complexity index is 968. The van der Waals surface area contributed by atoms with E-state index in [9.17, 15) is 20.1 Å². The second kappa shape index (κ2) is 9.52. The molecule has 5 fully saturated rings. The molecule has 214 valence electrons. The average molecular weight is 535 g/mol. The van der Waals surface area contributed by atoms with Gasteiger partial charge >= 0.3 is 5.97 Å². The van der Waals surface area contributed by atoms with Crippen molar-refractivity contribution >= 4 is 5.97 Å². The maximum Gasteiger partial charge on any atom is 0.331 e. The molecule has 8 nitrogen and oxygen atoms in total. The number of carbonyl (C=O) groups excluding carboxylic acids is 1. The standard InChI is InChI=1S/C30H46O8/c1-16-24(32)26(35-4)25(33)27(37-16)38-19-7-10-28(2)18(14-19)5-6-22-21(28)8-11-29(3)20(9-12-30(22,29)34)17-13-23(31)36-15-17/h13,16,18-22,24-27,32-34H,5-12,14-15H2,1-4H3/t16-,18+,19-,20-,21-,22+,24-,25+,26-,27+,28-,29+,30-/m0/s1. The van der Waals surface area contributed by atoms with Crippen LogP contribution in [0.15, 0.2) is 11.6 Å². The number of hydrogen-bond acceptors (Lipinski definition) is 8. The Morgan fingerprint density at radius 2 is 1.79 bits per heavy atom. The number of hydrogen-bond donors (Lipinski definition) is 3. The van der Waals surface area contributed by atoms with Gasteiger partial charge < -0.3 is 34.3 Å². The molecule has 4 saturated carbocycles. The first-order valence-electron chi connectivity index (χ1n) is 14.8. The third-order valence-electron chi connectivity index (χ3n) is 12.3. The molecule has 6 rings (SSSR count). The minimum absolute atomic E-state index is 0.0103. The largest absolute Gasteiger partial charge is 0.458 e. The number of cyclic esters (lactones) is 1. The smallest absolute Gasteiger partial charge is 0.331 e. The first kappa shape index (κ1) is 27.2. The molecule has 0 radical (unpaired) electrons. The zero-order valence-corrected chi connectivity index (χ0v) is 23.3. The summed E-state index contributed by atoms with van der Waals surface area (Å²) in [6.45, 7) is 6.87. The molecule has 0 aromatic heterocycles. The zero-order chi connectivity index (χ0) is 27.0. The van der Waals surface area contributed by atoms with Gasteiger partial charge in [0.1, 0.15) is 24.9 Å². The lowest BCUT2D eigenvalue weighted by molar-refractivity contribution is -0.313. The number of carbonyl (C=O) groups is 1. The van der Waals surface area contributed by atoms with Crippen LogP contribution in [0.5, 0.6) is 0 Å². The van der Waals surface area contributed by atoms with Crippen LogP contribution in [0.25, 0.3) is 0 Å². The Morgan fingerprint density at radius 1 is 1.00 bits per heavy atom. The van der Waals surface area contributed by atoms with E-state index in [-0.39, 0.29) is 34.7 Å². The molecule has 38 heavy (non-hydrogen) atoms. The molecule has 0 unspecified atom stereocenters. The number of fused-ring (bicyclic) bond motifs is 5. The van der Waals surface area contributed by atoms with Gasteiger partial charge in [0.05, 0.1) is 17.8 Å². The molecule has 1 saturated heterocycles. The Labute approximate surface area is 226 Å². The lowest BCUT2D eigenvalue weighted by Crippen LogP contribution is -2.62.